The Morgan fingerprint density at radius 2 is 1.93 bits per heavy atom. The van der Waals surface area contributed by atoms with Crippen molar-refractivity contribution in [2.45, 2.75) is 82.2 Å². The zero-order valence-corrected chi connectivity index (χ0v) is 17.0. The molecule has 1 aliphatic heterocycles. The number of ether oxygens (including phenoxy) is 1. The number of carbonyl (C=O) groups is 1. The van der Waals surface area contributed by atoms with Gasteiger partial charge in [0.05, 0.1) is 6.61 Å². The van der Waals surface area contributed by atoms with Crippen LogP contribution in [-0.4, -0.2) is 62.3 Å². The lowest BCUT2D eigenvalue weighted by Gasteiger charge is -2.29. The van der Waals surface area contributed by atoms with Crippen LogP contribution in [0.4, 0.5) is 13.2 Å². The number of hydrazine groups is 1. The molecule has 7 unspecified atom stereocenters. The van der Waals surface area contributed by atoms with Crippen LogP contribution in [0.2, 0.25) is 0 Å². The molecule has 0 aromatic rings. The van der Waals surface area contributed by atoms with E-state index in [4.69, 9.17) is 4.74 Å². The van der Waals surface area contributed by atoms with E-state index in [9.17, 15) is 18.0 Å². The fourth-order valence-electron chi connectivity index (χ4n) is 4.42. The molecule has 1 saturated heterocycles. The molecule has 4 N–H and O–H groups in total. The molecule has 2 saturated carbocycles. The summed E-state index contributed by atoms with van der Waals surface area (Å²) < 4.78 is 45.9. The van der Waals surface area contributed by atoms with Crippen molar-refractivity contribution < 1.29 is 22.7 Å². The second kappa shape index (κ2) is 10.1. The van der Waals surface area contributed by atoms with E-state index in [1.54, 1.807) is 7.11 Å². The maximum atomic E-state index is 13.7. The van der Waals surface area contributed by atoms with Crippen molar-refractivity contribution in [1.29, 1.82) is 0 Å². The number of rotatable bonds is 5. The number of amides is 1. The number of methoxy groups -OCH3 is 1. The van der Waals surface area contributed by atoms with E-state index in [1.165, 1.54) is 0 Å². The van der Waals surface area contributed by atoms with Gasteiger partial charge in [-0.2, -0.15) is 0 Å². The van der Waals surface area contributed by atoms with Gasteiger partial charge in [0.25, 0.3) is 0 Å². The third kappa shape index (κ3) is 5.82. The molecule has 2 aliphatic carbocycles. The summed E-state index contributed by atoms with van der Waals surface area (Å²) in [5.74, 6) is -0.582. The van der Waals surface area contributed by atoms with Gasteiger partial charge in [0.15, 0.2) is 5.96 Å². The first-order chi connectivity index (χ1) is 13.9. The highest BCUT2D eigenvalue weighted by molar-refractivity contribution is 5.98. The van der Waals surface area contributed by atoms with Crippen molar-refractivity contribution in [3.8, 4) is 0 Å². The first kappa shape index (κ1) is 22.3. The van der Waals surface area contributed by atoms with Crippen LogP contribution in [0, 0.1) is 11.8 Å². The van der Waals surface area contributed by atoms with Crippen molar-refractivity contribution in [3.63, 3.8) is 0 Å². The van der Waals surface area contributed by atoms with E-state index in [0.29, 0.717) is 32.3 Å². The maximum Gasteiger partial charge on any atom is 0.229 e. The van der Waals surface area contributed by atoms with Gasteiger partial charge in [-0.1, -0.05) is 0 Å². The number of nitrogens with zero attached hydrogens (tertiary/aromatic N) is 1. The van der Waals surface area contributed by atoms with E-state index in [1.807, 2.05) is 6.92 Å². The Bertz CT molecular complexity index is 596. The summed E-state index contributed by atoms with van der Waals surface area (Å²) >= 11 is 0. The summed E-state index contributed by atoms with van der Waals surface area (Å²) in [7, 11) is 1.58. The van der Waals surface area contributed by atoms with Crippen LogP contribution in [0.15, 0.2) is 4.99 Å². The fraction of sp³-hybridized carbons (Fsp3) is 0.895. The molecule has 29 heavy (non-hydrogen) atoms. The van der Waals surface area contributed by atoms with Gasteiger partial charge in [-0.15, -0.1) is 0 Å². The van der Waals surface area contributed by atoms with E-state index >= 15 is 0 Å². The van der Waals surface area contributed by atoms with Crippen LogP contribution in [0.25, 0.3) is 0 Å². The van der Waals surface area contributed by atoms with Crippen molar-refractivity contribution in [3.05, 3.63) is 0 Å². The topological polar surface area (TPSA) is 86.8 Å². The van der Waals surface area contributed by atoms with E-state index in [-0.39, 0.29) is 48.9 Å². The van der Waals surface area contributed by atoms with E-state index < -0.39 is 24.4 Å². The molecule has 8 atom stereocenters. The molecule has 3 rings (SSSR count). The minimum Gasteiger partial charge on any atom is -0.383 e. The summed E-state index contributed by atoms with van der Waals surface area (Å²) in [5.41, 5.74) is 6.18. The molecule has 1 amide bonds. The lowest BCUT2D eigenvalue weighted by molar-refractivity contribution is -0.125. The van der Waals surface area contributed by atoms with Gasteiger partial charge in [0.1, 0.15) is 24.7 Å². The largest absolute Gasteiger partial charge is 0.383 e. The molecule has 0 bridgehead atoms. The first-order valence-corrected chi connectivity index (χ1v) is 10.4. The number of halogens is 3. The molecule has 0 spiro atoms. The van der Waals surface area contributed by atoms with Crippen molar-refractivity contribution >= 4 is 11.9 Å². The highest BCUT2D eigenvalue weighted by atomic mass is 19.2. The molecule has 0 aromatic carbocycles. The Morgan fingerprint density at radius 1 is 1.14 bits per heavy atom. The highest BCUT2D eigenvalue weighted by Gasteiger charge is 2.41. The van der Waals surface area contributed by atoms with Crippen LogP contribution < -0.4 is 21.5 Å². The average Bonchev–Trinajstić information content (AvgIpc) is 3.05. The summed E-state index contributed by atoms with van der Waals surface area (Å²) in [6.45, 7) is 2.29. The lowest BCUT2D eigenvalue weighted by atomic mass is 9.83. The second-order valence-corrected chi connectivity index (χ2v) is 8.42. The number of carbonyl (C=O) groups excluding carboxylic acids is 1. The van der Waals surface area contributed by atoms with Crippen molar-refractivity contribution in [2.24, 2.45) is 16.8 Å². The lowest BCUT2D eigenvalue weighted by Crippen LogP contribution is -2.50. The van der Waals surface area contributed by atoms with Crippen LogP contribution in [0.5, 0.6) is 0 Å². The summed E-state index contributed by atoms with van der Waals surface area (Å²) in [5, 5.41) is 5.88. The Labute approximate surface area is 169 Å². The zero-order chi connectivity index (χ0) is 21.0. The highest BCUT2D eigenvalue weighted by Crippen LogP contribution is 2.32. The third-order valence-corrected chi connectivity index (χ3v) is 6.04. The molecular formula is C19H32F3N5O2. The van der Waals surface area contributed by atoms with E-state index in [2.05, 4.69) is 26.5 Å². The minimum atomic E-state index is -1.61. The standard InChI is InChI=1S/C19H32F3N5O2/c1-10(9-29-2)23-19(25-18(28)11-3-6-14(21)15(22)7-11)24-17-13-5-4-12(20)8-16(13)26-27-17/h10-17,26-27H,3-9H2,1-2H3,(H2,23,24,25,28)/t10-,11?,12?,13?,14?,15?,16?,17?/m0/s1. The van der Waals surface area contributed by atoms with Gasteiger partial charge in [-0.05, 0) is 45.4 Å². The number of fused-ring (bicyclic) bond motifs is 1. The Morgan fingerprint density at radius 3 is 2.66 bits per heavy atom. The number of alkyl halides is 3. The maximum absolute atomic E-state index is 13.7. The predicted molar refractivity (Wildman–Crippen MR) is 103 cm³/mol. The van der Waals surface area contributed by atoms with Gasteiger partial charge >= 0.3 is 0 Å². The summed E-state index contributed by atoms with van der Waals surface area (Å²) in [6.07, 6.45) is -2.40. The van der Waals surface area contributed by atoms with Crippen LogP contribution in [0.1, 0.15) is 45.4 Å². The predicted octanol–water partition coefficient (Wildman–Crippen LogP) is 1.50. The second-order valence-electron chi connectivity index (χ2n) is 8.42. The van der Waals surface area contributed by atoms with Crippen LogP contribution in [0.3, 0.4) is 0 Å². The molecular weight excluding hydrogens is 387 g/mol. The quantitative estimate of drug-likeness (QED) is 0.401. The molecule has 166 valence electrons. The molecule has 0 radical (unpaired) electrons. The SMILES string of the molecule is COC[C@H](C)N/C(=N\C1NNC2CC(F)CCC21)NC(=O)C1CCC(F)C(F)C1. The van der Waals surface area contributed by atoms with Crippen LogP contribution in [-0.2, 0) is 9.53 Å². The third-order valence-electron chi connectivity index (χ3n) is 6.04. The number of aliphatic imine (C=N–C) groups is 1. The smallest absolute Gasteiger partial charge is 0.229 e. The average molecular weight is 419 g/mol. The normalized spacial score (nSPS) is 38.9. The molecule has 7 nitrogen and oxygen atoms in total. The van der Waals surface area contributed by atoms with Gasteiger partial charge in [-0.25, -0.2) is 23.6 Å². The van der Waals surface area contributed by atoms with Gasteiger partial charge in [-0.3, -0.25) is 15.5 Å². The van der Waals surface area contributed by atoms with Crippen molar-refractivity contribution in [1.82, 2.24) is 21.5 Å². The van der Waals surface area contributed by atoms with Gasteiger partial charge in [0, 0.05) is 31.0 Å². The molecule has 3 aliphatic rings. The van der Waals surface area contributed by atoms with E-state index in [0.717, 1.165) is 0 Å². The fourth-order valence-corrected chi connectivity index (χ4v) is 4.42. The summed E-state index contributed by atoms with van der Waals surface area (Å²) in [4.78, 5) is 17.3. The van der Waals surface area contributed by atoms with Crippen LogP contribution >= 0.6 is 0 Å². The number of nitrogens with one attached hydrogen (secondary N) is 4. The van der Waals surface area contributed by atoms with Crippen molar-refractivity contribution in [2.75, 3.05) is 13.7 Å². The summed E-state index contributed by atoms with van der Waals surface area (Å²) in [6, 6.07) is -0.130. The minimum absolute atomic E-state index is 0.00650. The number of guanidine groups is 1. The number of hydrogen-bond acceptors (Lipinski definition) is 5. The van der Waals surface area contributed by atoms with Gasteiger partial charge < -0.3 is 10.1 Å². The zero-order valence-electron chi connectivity index (χ0n) is 17.0. The molecule has 0 aromatic heterocycles. The molecule has 3 fully saturated rings. The Hall–Kier alpha value is -1.39. The molecule has 1 heterocycles. The first-order valence-electron chi connectivity index (χ1n) is 10.4. The number of hydrogen-bond donors (Lipinski definition) is 4. The van der Waals surface area contributed by atoms with Gasteiger partial charge in [0.2, 0.25) is 5.91 Å². The Kier molecular flexibility index (Phi) is 7.75. The monoisotopic (exact) mass is 419 g/mol. The Balaban J connectivity index is 1.67. The molecule has 10 heteroatoms.